The summed E-state index contributed by atoms with van der Waals surface area (Å²) in [6.07, 6.45) is 8.49. The molecule has 222 valence electrons. The van der Waals surface area contributed by atoms with Crippen LogP contribution in [0.4, 0.5) is 5.69 Å². The average molecular weight is 579 g/mol. The number of morpholine rings is 1. The SMILES string of the molecule is COc1cc(-c2nc(C3CCC(N4CCOCC4)CC3)n3ccnc(C)c23)ccc1NC(=O)c1cc2ccccc2n1C. The Hall–Kier alpha value is -4.21. The van der Waals surface area contributed by atoms with Gasteiger partial charge in [0.25, 0.3) is 5.91 Å². The minimum atomic E-state index is -0.188. The number of carbonyl (C=O) groups excluding carboxylic acids is 1. The first-order chi connectivity index (χ1) is 21.0. The minimum absolute atomic E-state index is 0.188. The fourth-order valence-electron chi connectivity index (χ4n) is 6.99. The molecular weight excluding hydrogens is 540 g/mol. The highest BCUT2D eigenvalue weighted by atomic mass is 16.5. The average Bonchev–Trinajstić information content (AvgIpc) is 3.61. The van der Waals surface area contributed by atoms with Gasteiger partial charge in [0, 0.05) is 61.0 Å². The van der Waals surface area contributed by atoms with Crippen LogP contribution in [-0.2, 0) is 11.8 Å². The van der Waals surface area contributed by atoms with Gasteiger partial charge in [-0.2, -0.15) is 0 Å². The standard InChI is InChI=1S/C34H38N6O3/c1-22-32-31(37-33(40(32)15-14-35-22)23-8-11-26(12-9-23)39-16-18-43-19-17-39)25-10-13-27(30(21-25)42-3)36-34(41)29-20-24-6-4-5-7-28(24)38(29)2/h4-7,10,13-15,20-21,23,26H,8-9,11-12,16-19H2,1-3H3,(H,36,41). The highest BCUT2D eigenvalue weighted by molar-refractivity contribution is 6.07. The number of carbonyl (C=O) groups is 1. The summed E-state index contributed by atoms with van der Waals surface area (Å²) in [7, 11) is 3.53. The number of benzene rings is 2. The summed E-state index contributed by atoms with van der Waals surface area (Å²) < 4.78 is 15.5. The van der Waals surface area contributed by atoms with Crippen molar-refractivity contribution in [3.05, 3.63) is 78.1 Å². The number of aryl methyl sites for hydroxylation is 2. The first kappa shape index (κ1) is 27.6. The molecular formula is C34H38N6O3. The third-order valence-corrected chi connectivity index (χ3v) is 9.30. The molecule has 7 rings (SSSR count). The Labute approximate surface area is 251 Å². The molecule has 4 heterocycles. The normalized spacial score (nSPS) is 19.6. The summed E-state index contributed by atoms with van der Waals surface area (Å²) in [6, 6.07) is 16.4. The monoisotopic (exact) mass is 578 g/mol. The van der Waals surface area contributed by atoms with Crippen LogP contribution in [0.2, 0.25) is 0 Å². The van der Waals surface area contributed by atoms with E-state index in [0.717, 1.165) is 78.3 Å². The first-order valence-electron chi connectivity index (χ1n) is 15.2. The van der Waals surface area contributed by atoms with E-state index in [1.165, 1.54) is 12.8 Å². The zero-order chi connectivity index (χ0) is 29.5. The molecule has 0 bridgehead atoms. The summed E-state index contributed by atoms with van der Waals surface area (Å²) in [5, 5.41) is 4.09. The van der Waals surface area contributed by atoms with Gasteiger partial charge < -0.3 is 19.4 Å². The molecule has 9 nitrogen and oxygen atoms in total. The van der Waals surface area contributed by atoms with E-state index in [9.17, 15) is 4.79 Å². The van der Waals surface area contributed by atoms with Crippen LogP contribution < -0.4 is 10.1 Å². The fraction of sp³-hybridized carbons (Fsp3) is 0.382. The molecule has 1 N–H and O–H groups in total. The zero-order valence-corrected chi connectivity index (χ0v) is 25.0. The number of ether oxygens (including phenoxy) is 2. The molecule has 1 aliphatic heterocycles. The smallest absolute Gasteiger partial charge is 0.272 e. The third kappa shape index (κ3) is 5.06. The Morgan fingerprint density at radius 3 is 2.60 bits per heavy atom. The van der Waals surface area contributed by atoms with E-state index in [-0.39, 0.29) is 5.91 Å². The maximum atomic E-state index is 13.3. The molecule has 1 saturated heterocycles. The van der Waals surface area contributed by atoms with E-state index in [0.29, 0.717) is 29.1 Å². The van der Waals surface area contributed by atoms with Gasteiger partial charge in [-0.1, -0.05) is 24.3 Å². The van der Waals surface area contributed by atoms with Crippen molar-refractivity contribution in [2.45, 2.75) is 44.6 Å². The largest absolute Gasteiger partial charge is 0.495 e. The summed E-state index contributed by atoms with van der Waals surface area (Å²) in [5.41, 5.74) is 5.98. The lowest BCUT2D eigenvalue weighted by molar-refractivity contribution is 0.00710. The van der Waals surface area contributed by atoms with E-state index < -0.39 is 0 Å². The molecule has 2 aliphatic rings. The van der Waals surface area contributed by atoms with Crippen LogP contribution in [-0.4, -0.2) is 69.2 Å². The quantitative estimate of drug-likeness (QED) is 0.274. The molecule has 0 atom stereocenters. The number of fused-ring (bicyclic) bond motifs is 2. The number of amides is 1. The predicted molar refractivity (Wildman–Crippen MR) is 168 cm³/mol. The van der Waals surface area contributed by atoms with Gasteiger partial charge in [-0.15, -0.1) is 0 Å². The van der Waals surface area contributed by atoms with E-state index >= 15 is 0 Å². The maximum Gasteiger partial charge on any atom is 0.272 e. The number of aromatic nitrogens is 4. The van der Waals surface area contributed by atoms with Gasteiger partial charge in [-0.3, -0.25) is 19.1 Å². The Morgan fingerprint density at radius 1 is 1.05 bits per heavy atom. The second kappa shape index (κ2) is 11.5. The number of nitrogens with one attached hydrogen (secondary N) is 1. The highest BCUT2D eigenvalue weighted by Crippen LogP contribution is 2.39. The number of nitrogens with zero attached hydrogens (tertiary/aromatic N) is 5. The van der Waals surface area contributed by atoms with Gasteiger partial charge in [0.1, 0.15) is 17.3 Å². The molecule has 1 saturated carbocycles. The Morgan fingerprint density at radius 2 is 1.84 bits per heavy atom. The molecule has 9 heteroatoms. The van der Waals surface area contributed by atoms with Crippen molar-refractivity contribution < 1.29 is 14.3 Å². The number of hydrogen-bond acceptors (Lipinski definition) is 6. The fourth-order valence-corrected chi connectivity index (χ4v) is 6.99. The van der Waals surface area contributed by atoms with Crippen LogP contribution in [0, 0.1) is 6.92 Å². The number of para-hydroxylation sites is 1. The van der Waals surface area contributed by atoms with E-state index in [1.807, 2.05) is 79.5 Å². The Bertz CT molecular complexity index is 1790. The van der Waals surface area contributed by atoms with Crippen molar-refractivity contribution in [2.75, 3.05) is 38.7 Å². The van der Waals surface area contributed by atoms with Crippen LogP contribution in [0.1, 0.15) is 53.6 Å². The number of anilines is 1. The molecule has 0 radical (unpaired) electrons. The molecule has 5 aromatic rings. The summed E-state index contributed by atoms with van der Waals surface area (Å²) in [6.45, 7) is 5.80. The van der Waals surface area contributed by atoms with Crippen LogP contribution >= 0.6 is 0 Å². The van der Waals surface area contributed by atoms with Crippen LogP contribution in [0.5, 0.6) is 5.75 Å². The first-order valence-corrected chi connectivity index (χ1v) is 15.2. The van der Waals surface area contributed by atoms with Crippen molar-refractivity contribution in [2.24, 2.45) is 7.05 Å². The molecule has 0 spiro atoms. The van der Waals surface area contributed by atoms with Gasteiger partial charge >= 0.3 is 0 Å². The number of hydrogen-bond donors (Lipinski definition) is 1. The minimum Gasteiger partial charge on any atom is -0.495 e. The second-order valence-electron chi connectivity index (χ2n) is 11.7. The van der Waals surface area contributed by atoms with Crippen molar-refractivity contribution in [1.82, 2.24) is 23.8 Å². The summed E-state index contributed by atoms with van der Waals surface area (Å²) in [4.78, 5) is 25.8. The molecule has 2 aromatic carbocycles. The zero-order valence-electron chi connectivity index (χ0n) is 25.0. The second-order valence-corrected chi connectivity index (χ2v) is 11.7. The third-order valence-electron chi connectivity index (χ3n) is 9.30. The van der Waals surface area contributed by atoms with Crippen LogP contribution in [0.15, 0.2) is 60.9 Å². The van der Waals surface area contributed by atoms with Gasteiger partial charge in [0.2, 0.25) is 0 Å². The van der Waals surface area contributed by atoms with Gasteiger partial charge in [0.05, 0.1) is 42.9 Å². The summed E-state index contributed by atoms with van der Waals surface area (Å²) >= 11 is 0. The van der Waals surface area contributed by atoms with E-state index in [4.69, 9.17) is 14.5 Å². The Balaban J connectivity index is 1.17. The van der Waals surface area contributed by atoms with Crippen molar-refractivity contribution in [3.8, 4) is 17.0 Å². The highest BCUT2D eigenvalue weighted by Gasteiger charge is 2.31. The summed E-state index contributed by atoms with van der Waals surface area (Å²) in [5.74, 6) is 1.89. The molecule has 1 aliphatic carbocycles. The van der Waals surface area contributed by atoms with Crippen molar-refractivity contribution in [3.63, 3.8) is 0 Å². The number of imidazole rings is 1. The number of rotatable bonds is 6. The van der Waals surface area contributed by atoms with Crippen LogP contribution in [0.25, 0.3) is 27.7 Å². The lowest BCUT2D eigenvalue weighted by atomic mass is 9.84. The van der Waals surface area contributed by atoms with Gasteiger partial charge in [-0.25, -0.2) is 4.98 Å². The lowest BCUT2D eigenvalue weighted by Crippen LogP contribution is -2.44. The van der Waals surface area contributed by atoms with Crippen LogP contribution in [0.3, 0.4) is 0 Å². The molecule has 3 aromatic heterocycles. The molecule has 0 unspecified atom stereocenters. The lowest BCUT2D eigenvalue weighted by Gasteiger charge is -2.38. The topological polar surface area (TPSA) is 85.9 Å². The van der Waals surface area contributed by atoms with Gasteiger partial charge in [-0.05, 0) is 56.9 Å². The van der Waals surface area contributed by atoms with Gasteiger partial charge in [0.15, 0.2) is 0 Å². The van der Waals surface area contributed by atoms with E-state index in [2.05, 4.69) is 19.6 Å². The van der Waals surface area contributed by atoms with Crippen molar-refractivity contribution in [1.29, 1.82) is 0 Å². The molecule has 2 fully saturated rings. The molecule has 43 heavy (non-hydrogen) atoms. The predicted octanol–water partition coefficient (Wildman–Crippen LogP) is 5.82. The van der Waals surface area contributed by atoms with E-state index in [1.54, 1.807) is 7.11 Å². The maximum absolute atomic E-state index is 13.3. The number of methoxy groups -OCH3 is 1. The van der Waals surface area contributed by atoms with Crippen molar-refractivity contribution >= 4 is 28.0 Å². The Kier molecular flexibility index (Phi) is 7.36. The molecule has 1 amide bonds.